The van der Waals surface area contributed by atoms with E-state index in [1.165, 1.54) is 0 Å². The molecule has 112 valence electrons. The lowest BCUT2D eigenvalue weighted by Gasteiger charge is -2.22. The van der Waals surface area contributed by atoms with Crippen molar-refractivity contribution in [2.75, 3.05) is 13.1 Å². The van der Waals surface area contributed by atoms with Gasteiger partial charge in [0.2, 0.25) is 0 Å². The summed E-state index contributed by atoms with van der Waals surface area (Å²) in [6.07, 6.45) is -4.84. The van der Waals surface area contributed by atoms with E-state index >= 15 is 0 Å². The minimum atomic E-state index is -4.84. The van der Waals surface area contributed by atoms with Crippen molar-refractivity contribution in [1.82, 2.24) is 5.32 Å². The number of hydrogen-bond donors (Lipinski definition) is 2. The summed E-state index contributed by atoms with van der Waals surface area (Å²) in [6, 6.07) is 2.60. The summed E-state index contributed by atoms with van der Waals surface area (Å²) < 4.78 is 51.3. The topological polar surface area (TPSA) is 55.1 Å². The van der Waals surface area contributed by atoms with Gasteiger partial charge in [0.25, 0.3) is 5.91 Å². The van der Waals surface area contributed by atoms with Crippen LogP contribution in [0.1, 0.15) is 29.8 Å². The molecule has 1 aromatic rings. The van der Waals surface area contributed by atoms with Gasteiger partial charge in [-0.15, -0.1) is 0 Å². The van der Waals surface area contributed by atoms with E-state index in [-0.39, 0.29) is 13.1 Å². The van der Waals surface area contributed by atoms with Gasteiger partial charge in [-0.3, -0.25) is 4.79 Å². The number of amides is 1. The fraction of sp³-hybridized carbons (Fsp3) is 0.462. The lowest BCUT2D eigenvalue weighted by atomic mass is 9.94. The molecule has 20 heavy (non-hydrogen) atoms. The van der Waals surface area contributed by atoms with Crippen LogP contribution in [0.25, 0.3) is 0 Å². The second kappa shape index (κ2) is 5.78. The van der Waals surface area contributed by atoms with Gasteiger partial charge in [-0.05, 0) is 24.1 Å². The van der Waals surface area contributed by atoms with Crippen LogP contribution in [0.4, 0.5) is 17.6 Å². The summed E-state index contributed by atoms with van der Waals surface area (Å²) in [5.41, 5.74) is 2.96. The van der Waals surface area contributed by atoms with Gasteiger partial charge in [-0.1, -0.05) is 19.9 Å². The molecule has 0 aliphatic carbocycles. The van der Waals surface area contributed by atoms with E-state index in [0.717, 1.165) is 12.1 Å². The molecule has 0 unspecified atom stereocenters. The summed E-state index contributed by atoms with van der Waals surface area (Å²) >= 11 is 0. The Morgan fingerprint density at radius 3 is 2.40 bits per heavy atom. The van der Waals surface area contributed by atoms with Crippen molar-refractivity contribution in [2.45, 2.75) is 20.0 Å². The maximum Gasteiger partial charge on any atom is 0.419 e. The predicted octanol–water partition coefficient (Wildman–Crippen LogP) is 2.56. The Morgan fingerprint density at radius 2 is 1.90 bits per heavy atom. The molecule has 3 N–H and O–H groups in total. The standard InChI is InChI=1S/C13H16F4N2O/c1-12(2,6-18)7-19-11(20)8-4-3-5-9(10(8)14)13(15,16)17/h3-5H,6-7,18H2,1-2H3,(H,19,20). The zero-order chi connectivity index (χ0) is 15.6. The molecule has 0 saturated carbocycles. The SMILES string of the molecule is CC(C)(CN)CNC(=O)c1cccc(C(F)(F)F)c1F. The van der Waals surface area contributed by atoms with Gasteiger partial charge in [0.1, 0.15) is 5.82 Å². The average molecular weight is 292 g/mol. The summed E-state index contributed by atoms with van der Waals surface area (Å²) in [6.45, 7) is 3.96. The maximum absolute atomic E-state index is 13.7. The van der Waals surface area contributed by atoms with Gasteiger partial charge in [-0.25, -0.2) is 4.39 Å². The number of halogens is 4. The summed E-state index contributed by atoms with van der Waals surface area (Å²) in [7, 11) is 0. The Hall–Kier alpha value is -1.63. The Balaban J connectivity index is 2.95. The highest BCUT2D eigenvalue weighted by Gasteiger charge is 2.35. The number of carbonyl (C=O) groups is 1. The van der Waals surface area contributed by atoms with Crippen LogP contribution in [0.3, 0.4) is 0 Å². The van der Waals surface area contributed by atoms with Gasteiger partial charge in [0.05, 0.1) is 11.1 Å². The van der Waals surface area contributed by atoms with Crippen molar-refractivity contribution in [3.05, 3.63) is 35.1 Å². The van der Waals surface area contributed by atoms with Crippen LogP contribution in [-0.2, 0) is 6.18 Å². The van der Waals surface area contributed by atoms with Gasteiger partial charge in [-0.2, -0.15) is 13.2 Å². The quantitative estimate of drug-likeness (QED) is 0.838. The normalized spacial score (nSPS) is 12.3. The van der Waals surface area contributed by atoms with Crippen molar-refractivity contribution >= 4 is 5.91 Å². The minimum Gasteiger partial charge on any atom is -0.351 e. The maximum atomic E-state index is 13.7. The molecule has 0 atom stereocenters. The molecule has 0 aliphatic heterocycles. The third-order valence-electron chi connectivity index (χ3n) is 2.83. The van der Waals surface area contributed by atoms with Gasteiger partial charge in [0.15, 0.2) is 0 Å². The van der Waals surface area contributed by atoms with Gasteiger partial charge in [0, 0.05) is 6.54 Å². The largest absolute Gasteiger partial charge is 0.419 e. The van der Waals surface area contributed by atoms with Crippen LogP contribution in [-0.4, -0.2) is 19.0 Å². The van der Waals surface area contributed by atoms with Gasteiger partial charge < -0.3 is 11.1 Å². The molecular weight excluding hydrogens is 276 g/mol. The number of rotatable bonds is 4. The third-order valence-corrected chi connectivity index (χ3v) is 2.83. The molecule has 0 radical (unpaired) electrons. The van der Waals surface area contributed by atoms with Crippen molar-refractivity contribution in [3.8, 4) is 0 Å². The van der Waals surface area contributed by atoms with Crippen LogP contribution < -0.4 is 11.1 Å². The third kappa shape index (κ3) is 3.93. The number of hydrogen-bond acceptors (Lipinski definition) is 2. The molecule has 0 aromatic heterocycles. The Bertz CT molecular complexity index is 498. The van der Waals surface area contributed by atoms with Gasteiger partial charge >= 0.3 is 6.18 Å². The molecule has 0 fully saturated rings. The van der Waals surface area contributed by atoms with Crippen molar-refractivity contribution < 1.29 is 22.4 Å². The van der Waals surface area contributed by atoms with Crippen LogP contribution in [0.5, 0.6) is 0 Å². The van der Waals surface area contributed by atoms with E-state index in [1.54, 1.807) is 13.8 Å². The molecule has 7 heteroatoms. The van der Waals surface area contributed by atoms with Crippen LogP contribution in [0.2, 0.25) is 0 Å². The Morgan fingerprint density at radius 1 is 1.30 bits per heavy atom. The Kier molecular flexibility index (Phi) is 4.75. The number of benzene rings is 1. The zero-order valence-corrected chi connectivity index (χ0v) is 11.1. The highest BCUT2D eigenvalue weighted by molar-refractivity contribution is 5.94. The van der Waals surface area contributed by atoms with Crippen LogP contribution >= 0.6 is 0 Å². The monoisotopic (exact) mass is 292 g/mol. The van der Waals surface area contributed by atoms with Crippen molar-refractivity contribution in [2.24, 2.45) is 11.1 Å². The second-order valence-corrected chi connectivity index (χ2v) is 5.22. The molecule has 1 rings (SSSR count). The average Bonchev–Trinajstić information content (AvgIpc) is 2.35. The highest BCUT2D eigenvalue weighted by atomic mass is 19.4. The first kappa shape index (κ1) is 16.4. The predicted molar refractivity (Wildman–Crippen MR) is 66.6 cm³/mol. The molecule has 0 heterocycles. The number of nitrogens with one attached hydrogen (secondary N) is 1. The summed E-state index contributed by atoms with van der Waals surface area (Å²) in [5, 5.41) is 2.38. The molecule has 1 amide bonds. The lowest BCUT2D eigenvalue weighted by molar-refractivity contribution is -0.140. The molecule has 3 nitrogen and oxygen atoms in total. The second-order valence-electron chi connectivity index (χ2n) is 5.22. The highest BCUT2D eigenvalue weighted by Crippen LogP contribution is 2.32. The van der Waals surface area contributed by atoms with E-state index in [2.05, 4.69) is 5.32 Å². The fourth-order valence-electron chi connectivity index (χ4n) is 1.41. The first-order valence-corrected chi connectivity index (χ1v) is 5.92. The van der Waals surface area contributed by atoms with Crippen molar-refractivity contribution in [3.63, 3.8) is 0 Å². The lowest BCUT2D eigenvalue weighted by Crippen LogP contribution is -2.38. The smallest absolute Gasteiger partial charge is 0.351 e. The molecule has 1 aromatic carbocycles. The number of carbonyl (C=O) groups excluding carboxylic acids is 1. The number of nitrogens with two attached hydrogens (primary N) is 1. The van der Waals surface area contributed by atoms with E-state index in [0.29, 0.717) is 6.07 Å². The fourth-order valence-corrected chi connectivity index (χ4v) is 1.41. The van der Waals surface area contributed by atoms with E-state index in [9.17, 15) is 22.4 Å². The summed E-state index contributed by atoms with van der Waals surface area (Å²) in [4.78, 5) is 11.7. The zero-order valence-electron chi connectivity index (χ0n) is 11.1. The number of alkyl halides is 3. The van der Waals surface area contributed by atoms with E-state index < -0.39 is 34.4 Å². The first-order chi connectivity index (χ1) is 9.08. The first-order valence-electron chi connectivity index (χ1n) is 5.92. The molecule has 0 aliphatic rings. The minimum absolute atomic E-state index is 0.137. The van der Waals surface area contributed by atoms with Crippen LogP contribution in [0, 0.1) is 11.2 Å². The molecule has 0 bridgehead atoms. The van der Waals surface area contributed by atoms with E-state index in [1.807, 2.05) is 0 Å². The Labute approximate surface area is 114 Å². The van der Waals surface area contributed by atoms with Crippen molar-refractivity contribution in [1.29, 1.82) is 0 Å². The molecular formula is C13H16F4N2O. The van der Waals surface area contributed by atoms with E-state index in [4.69, 9.17) is 5.73 Å². The summed E-state index contributed by atoms with van der Waals surface area (Å²) in [5.74, 6) is -2.46. The molecule has 0 spiro atoms. The molecule has 0 saturated heterocycles. The van der Waals surface area contributed by atoms with Crippen LogP contribution in [0.15, 0.2) is 18.2 Å².